The largest absolute Gasteiger partial charge is 0.434 e. The smallest absolute Gasteiger partial charge is 0.238 e. The van der Waals surface area contributed by atoms with E-state index in [1.54, 1.807) is 12.1 Å². The molecule has 0 aliphatic rings. The highest BCUT2D eigenvalue weighted by atomic mass is 79.9. The lowest BCUT2D eigenvalue weighted by Gasteiger charge is -2.07. The average molecular weight is 381 g/mol. The summed E-state index contributed by atoms with van der Waals surface area (Å²) in [6, 6.07) is 6.10. The van der Waals surface area contributed by atoms with Crippen LogP contribution in [0.4, 0.5) is 4.39 Å². The van der Waals surface area contributed by atoms with Crippen LogP contribution in [0.1, 0.15) is 0 Å². The highest BCUT2D eigenvalue weighted by molar-refractivity contribution is 9.10. The zero-order valence-electron chi connectivity index (χ0n) is 8.25. The van der Waals surface area contributed by atoms with Gasteiger partial charge in [-0.05, 0) is 40.2 Å². The van der Waals surface area contributed by atoms with Crippen LogP contribution in [0, 0.1) is 5.82 Å². The molecule has 2 aromatic rings. The van der Waals surface area contributed by atoms with Crippen molar-refractivity contribution in [2.75, 3.05) is 0 Å². The van der Waals surface area contributed by atoms with Crippen LogP contribution in [0.5, 0.6) is 11.6 Å². The lowest BCUT2D eigenvalue weighted by atomic mass is 10.3. The molecule has 1 heterocycles. The fourth-order valence-corrected chi connectivity index (χ4v) is 2.14. The van der Waals surface area contributed by atoms with Crippen molar-refractivity contribution in [2.45, 2.75) is 0 Å². The van der Waals surface area contributed by atoms with E-state index < -0.39 is 5.82 Å². The van der Waals surface area contributed by atoms with Gasteiger partial charge >= 0.3 is 0 Å². The molecule has 0 atom stereocenters. The molecule has 0 N–H and O–H groups in total. The van der Waals surface area contributed by atoms with Gasteiger partial charge in [-0.15, -0.1) is 0 Å². The molecule has 0 aliphatic heterocycles. The second kappa shape index (κ2) is 5.33. The molecule has 0 spiro atoms. The van der Waals surface area contributed by atoms with Crippen LogP contribution in [0.2, 0.25) is 5.02 Å². The molecule has 0 fully saturated rings. The lowest BCUT2D eigenvalue weighted by molar-refractivity contribution is 0.427. The summed E-state index contributed by atoms with van der Waals surface area (Å²) in [5.41, 5.74) is 0. The van der Waals surface area contributed by atoms with Gasteiger partial charge in [0.1, 0.15) is 5.02 Å². The molecule has 0 amide bonds. The van der Waals surface area contributed by atoms with Crippen LogP contribution < -0.4 is 4.74 Å². The van der Waals surface area contributed by atoms with Gasteiger partial charge in [0.25, 0.3) is 0 Å². The monoisotopic (exact) mass is 379 g/mol. The Hall–Kier alpha value is -0.650. The molecule has 2 rings (SSSR count). The first-order valence-corrected chi connectivity index (χ1v) is 6.46. The van der Waals surface area contributed by atoms with E-state index >= 15 is 0 Å². The summed E-state index contributed by atoms with van der Waals surface area (Å²) in [7, 11) is 0. The van der Waals surface area contributed by atoms with Gasteiger partial charge in [0, 0.05) is 15.1 Å². The molecule has 1 aromatic heterocycles. The topological polar surface area (TPSA) is 22.1 Å². The van der Waals surface area contributed by atoms with Gasteiger partial charge in [-0.25, -0.2) is 9.37 Å². The minimum atomic E-state index is -0.486. The van der Waals surface area contributed by atoms with Crippen molar-refractivity contribution in [2.24, 2.45) is 0 Å². The first-order valence-electron chi connectivity index (χ1n) is 4.50. The van der Waals surface area contributed by atoms with E-state index in [0.717, 1.165) is 4.47 Å². The molecule has 17 heavy (non-hydrogen) atoms. The molecule has 0 radical (unpaired) electrons. The summed E-state index contributed by atoms with van der Waals surface area (Å²) >= 11 is 12.3. The van der Waals surface area contributed by atoms with Crippen molar-refractivity contribution in [3.63, 3.8) is 0 Å². The molecular weight excluding hydrogens is 376 g/mol. The second-order valence-corrected chi connectivity index (χ2v) is 5.36. The van der Waals surface area contributed by atoms with Crippen LogP contribution in [0.15, 0.2) is 39.4 Å². The van der Waals surface area contributed by atoms with E-state index in [9.17, 15) is 4.39 Å². The van der Waals surface area contributed by atoms with Gasteiger partial charge in [0.2, 0.25) is 5.88 Å². The van der Waals surface area contributed by atoms with E-state index in [0.29, 0.717) is 9.50 Å². The molecular formula is C11H5Br2ClFNO. The van der Waals surface area contributed by atoms with Gasteiger partial charge in [0.05, 0.1) is 0 Å². The van der Waals surface area contributed by atoms with Crippen molar-refractivity contribution >= 4 is 43.5 Å². The van der Waals surface area contributed by atoms with Crippen LogP contribution in [-0.2, 0) is 0 Å². The minimum absolute atomic E-state index is 0.0740. The van der Waals surface area contributed by atoms with Crippen molar-refractivity contribution in [3.8, 4) is 11.6 Å². The highest BCUT2D eigenvalue weighted by Crippen LogP contribution is 2.31. The van der Waals surface area contributed by atoms with Crippen LogP contribution in [0.3, 0.4) is 0 Å². The predicted octanol–water partition coefficient (Wildman–Crippen LogP) is 5.19. The fourth-order valence-electron chi connectivity index (χ4n) is 1.14. The third-order valence-corrected chi connectivity index (χ3v) is 3.07. The van der Waals surface area contributed by atoms with E-state index in [1.165, 1.54) is 18.3 Å². The molecule has 0 bridgehead atoms. The molecule has 1 aromatic carbocycles. The van der Waals surface area contributed by atoms with Gasteiger partial charge < -0.3 is 4.74 Å². The summed E-state index contributed by atoms with van der Waals surface area (Å²) in [6.07, 6.45) is 1.53. The van der Waals surface area contributed by atoms with Gasteiger partial charge in [0.15, 0.2) is 11.6 Å². The zero-order valence-corrected chi connectivity index (χ0v) is 12.2. The number of benzene rings is 1. The number of ether oxygens (including phenoxy) is 1. The van der Waals surface area contributed by atoms with Gasteiger partial charge in [-0.2, -0.15) is 0 Å². The molecule has 0 saturated carbocycles. The maximum Gasteiger partial charge on any atom is 0.238 e. The van der Waals surface area contributed by atoms with Crippen molar-refractivity contribution in [3.05, 3.63) is 50.2 Å². The number of nitrogens with zero attached hydrogens (tertiary/aromatic N) is 1. The molecule has 0 unspecified atom stereocenters. The number of rotatable bonds is 2. The normalized spacial score (nSPS) is 10.4. The summed E-state index contributed by atoms with van der Waals surface area (Å²) < 4.78 is 20.2. The van der Waals surface area contributed by atoms with Crippen molar-refractivity contribution in [1.29, 1.82) is 0 Å². The van der Waals surface area contributed by atoms with E-state index in [1.807, 2.05) is 0 Å². The van der Waals surface area contributed by atoms with Crippen molar-refractivity contribution < 1.29 is 9.13 Å². The van der Waals surface area contributed by atoms with Crippen molar-refractivity contribution in [1.82, 2.24) is 4.98 Å². The Morgan fingerprint density at radius 1 is 1.18 bits per heavy atom. The predicted molar refractivity (Wildman–Crippen MR) is 71.1 cm³/mol. The van der Waals surface area contributed by atoms with E-state index in [-0.39, 0.29) is 11.6 Å². The second-order valence-electron chi connectivity index (χ2n) is 3.12. The average Bonchev–Trinajstić information content (AvgIpc) is 2.25. The highest BCUT2D eigenvalue weighted by Gasteiger charge is 2.09. The summed E-state index contributed by atoms with van der Waals surface area (Å²) in [5.74, 6) is -0.249. The fraction of sp³-hybridized carbons (Fsp3) is 0. The minimum Gasteiger partial charge on any atom is -0.434 e. The Morgan fingerprint density at radius 3 is 2.59 bits per heavy atom. The number of aromatic nitrogens is 1. The first-order chi connectivity index (χ1) is 8.06. The van der Waals surface area contributed by atoms with Crippen LogP contribution in [0.25, 0.3) is 0 Å². The summed E-state index contributed by atoms with van der Waals surface area (Å²) in [6.45, 7) is 0. The Balaban J connectivity index is 2.31. The SMILES string of the molecule is Fc1cc(Br)ccc1Oc1ncc(Br)cc1Cl. The maximum atomic E-state index is 13.5. The Morgan fingerprint density at radius 2 is 1.94 bits per heavy atom. The van der Waals surface area contributed by atoms with Gasteiger partial charge in [-0.1, -0.05) is 27.5 Å². The molecule has 6 heteroatoms. The first kappa shape index (κ1) is 12.8. The van der Waals surface area contributed by atoms with E-state index in [2.05, 4.69) is 36.8 Å². The molecule has 88 valence electrons. The Kier molecular flexibility index (Phi) is 4.01. The number of halogens is 4. The Labute approximate surface area is 119 Å². The number of pyridine rings is 1. The quantitative estimate of drug-likeness (QED) is 0.714. The number of hydrogen-bond acceptors (Lipinski definition) is 2. The van der Waals surface area contributed by atoms with Crippen LogP contribution >= 0.6 is 43.5 Å². The van der Waals surface area contributed by atoms with Crippen LogP contribution in [-0.4, -0.2) is 4.98 Å². The van der Waals surface area contributed by atoms with E-state index in [4.69, 9.17) is 16.3 Å². The zero-order chi connectivity index (χ0) is 12.4. The summed E-state index contributed by atoms with van der Waals surface area (Å²) in [4.78, 5) is 3.96. The third-order valence-electron chi connectivity index (χ3n) is 1.87. The molecule has 0 aliphatic carbocycles. The molecule has 0 saturated heterocycles. The molecule has 2 nitrogen and oxygen atoms in total. The third kappa shape index (κ3) is 3.18. The van der Waals surface area contributed by atoms with Gasteiger partial charge in [-0.3, -0.25) is 0 Å². The summed E-state index contributed by atoms with van der Waals surface area (Å²) in [5, 5.41) is 0.307. The Bertz CT molecular complexity index is 516. The number of hydrogen-bond donors (Lipinski definition) is 0. The maximum absolute atomic E-state index is 13.5. The standard InChI is InChI=1S/C11H5Br2ClFNO/c12-6-1-2-10(9(15)4-6)17-11-8(14)3-7(13)5-16-11/h1-5H. The lowest BCUT2D eigenvalue weighted by Crippen LogP contribution is -1.91.